The van der Waals surface area contributed by atoms with Crippen LogP contribution in [0.3, 0.4) is 0 Å². The van der Waals surface area contributed by atoms with Gasteiger partial charge in [-0.05, 0) is 57.6 Å². The van der Waals surface area contributed by atoms with Crippen molar-refractivity contribution in [2.45, 2.75) is 62.9 Å². The molecule has 0 radical (unpaired) electrons. The molecule has 0 saturated heterocycles. The summed E-state index contributed by atoms with van der Waals surface area (Å²) in [4.78, 5) is 41.4. The number of pyridine rings is 1. The molecule has 4 aromatic rings. The average Bonchev–Trinajstić information content (AvgIpc) is 3.80. The number of aryl methyl sites for hydroxylation is 1. The van der Waals surface area contributed by atoms with E-state index in [2.05, 4.69) is 37.2 Å². The first-order valence-corrected chi connectivity index (χ1v) is 14.7. The molecule has 2 N–H and O–H groups in total. The Labute approximate surface area is 220 Å². The quantitative estimate of drug-likeness (QED) is 0.345. The van der Waals surface area contributed by atoms with E-state index >= 15 is 0 Å². The van der Waals surface area contributed by atoms with Gasteiger partial charge in [-0.15, -0.1) is 0 Å². The highest BCUT2D eigenvalue weighted by molar-refractivity contribution is 7.91. The maximum absolute atomic E-state index is 13.7. The van der Waals surface area contributed by atoms with Crippen molar-refractivity contribution in [3.05, 3.63) is 58.3 Å². The Morgan fingerprint density at radius 3 is 2.55 bits per heavy atom. The summed E-state index contributed by atoms with van der Waals surface area (Å²) in [6, 6.07) is 3.28. The summed E-state index contributed by atoms with van der Waals surface area (Å²) in [5.41, 5.74) is 4.05. The van der Waals surface area contributed by atoms with Gasteiger partial charge in [0.2, 0.25) is 0 Å². The lowest BCUT2D eigenvalue weighted by atomic mass is 10.1. The van der Waals surface area contributed by atoms with Gasteiger partial charge < -0.3 is 5.32 Å². The van der Waals surface area contributed by atoms with Crippen LogP contribution in [0.5, 0.6) is 0 Å². The molecular weight excluding hydrogens is 502 g/mol. The monoisotopic (exact) mass is 531 g/mol. The number of hydrogen-bond acceptors (Lipinski definition) is 10. The Kier molecular flexibility index (Phi) is 5.93. The van der Waals surface area contributed by atoms with Crippen molar-refractivity contribution in [3.63, 3.8) is 0 Å². The van der Waals surface area contributed by atoms with Crippen LogP contribution in [0, 0.1) is 17.6 Å². The third-order valence-corrected chi connectivity index (χ3v) is 8.42. The number of anilines is 1. The van der Waals surface area contributed by atoms with Crippen LogP contribution >= 0.6 is 0 Å². The SMILES string of the molecule is Cc1ncnc(C2CC2)c1-c1ncc2nc(NCc3ccc([S@@](C)(=N)=O)cn3)c(=O)n([C@@H](C)C3CC3)c2n1. The number of aromatic nitrogens is 7. The summed E-state index contributed by atoms with van der Waals surface area (Å²) >= 11 is 0. The lowest BCUT2D eigenvalue weighted by Gasteiger charge is -2.19. The van der Waals surface area contributed by atoms with Crippen LogP contribution < -0.4 is 10.9 Å². The zero-order valence-electron chi connectivity index (χ0n) is 21.5. The molecule has 2 aliphatic rings. The summed E-state index contributed by atoms with van der Waals surface area (Å²) in [6.07, 6.45) is 10.4. The number of rotatable bonds is 8. The molecule has 2 atom stereocenters. The molecule has 0 spiro atoms. The molecule has 0 unspecified atom stereocenters. The summed E-state index contributed by atoms with van der Waals surface area (Å²) < 4.78 is 21.4. The topological polar surface area (TPSA) is 152 Å². The molecule has 2 fully saturated rings. The smallest absolute Gasteiger partial charge is 0.295 e. The summed E-state index contributed by atoms with van der Waals surface area (Å²) in [5, 5.41) is 3.12. The standard InChI is InChI=1S/C26H29N9O2S/c1-14-21(22(17-6-7-17)32-13-31-14)23-30-12-20-25(34-23)35(15(2)16-4-5-16)26(36)24(33-20)29-10-18-8-9-19(11-28-18)38(3,27)37/h8-9,11-13,15-17,27H,4-7,10H2,1-3H3,(H,29,33)/t15-,38-/m0/s1. The Morgan fingerprint density at radius 1 is 1.11 bits per heavy atom. The highest BCUT2D eigenvalue weighted by Crippen LogP contribution is 2.43. The van der Waals surface area contributed by atoms with Gasteiger partial charge in [0.15, 0.2) is 17.3 Å². The van der Waals surface area contributed by atoms with Crippen LogP contribution in [-0.4, -0.2) is 44.9 Å². The second-order valence-electron chi connectivity index (χ2n) is 10.3. The van der Waals surface area contributed by atoms with Crippen molar-refractivity contribution in [2.75, 3.05) is 11.6 Å². The normalized spacial score (nSPS) is 17.8. The predicted octanol–water partition coefficient (Wildman–Crippen LogP) is 3.84. The van der Waals surface area contributed by atoms with Gasteiger partial charge in [-0.2, -0.15) is 0 Å². The van der Waals surface area contributed by atoms with Gasteiger partial charge in [-0.1, -0.05) is 0 Å². The van der Waals surface area contributed by atoms with Crippen LogP contribution in [0.1, 0.15) is 61.6 Å². The molecule has 12 heteroatoms. The molecule has 2 saturated carbocycles. The second kappa shape index (κ2) is 9.19. The molecule has 2 aliphatic carbocycles. The van der Waals surface area contributed by atoms with Crippen LogP contribution in [0.4, 0.5) is 5.82 Å². The molecule has 6 rings (SSSR count). The minimum Gasteiger partial charge on any atom is -0.360 e. The van der Waals surface area contributed by atoms with Crippen LogP contribution in [0.25, 0.3) is 22.6 Å². The van der Waals surface area contributed by atoms with Gasteiger partial charge in [0.25, 0.3) is 5.56 Å². The second-order valence-corrected chi connectivity index (χ2v) is 12.5. The van der Waals surface area contributed by atoms with E-state index in [1.807, 2.05) is 6.92 Å². The first-order chi connectivity index (χ1) is 18.2. The van der Waals surface area contributed by atoms with E-state index in [9.17, 15) is 9.00 Å². The highest BCUT2D eigenvalue weighted by Gasteiger charge is 2.33. The van der Waals surface area contributed by atoms with Crippen LogP contribution in [-0.2, 0) is 16.3 Å². The number of nitrogens with one attached hydrogen (secondary N) is 2. The minimum absolute atomic E-state index is 0.0421. The first kappa shape index (κ1) is 24.5. The Hall–Kier alpha value is -3.80. The molecule has 11 nitrogen and oxygen atoms in total. The first-order valence-electron chi connectivity index (χ1n) is 12.7. The number of hydrogen-bond donors (Lipinski definition) is 2. The molecule has 0 amide bonds. The van der Waals surface area contributed by atoms with Gasteiger partial charge in [-0.25, -0.2) is 33.9 Å². The zero-order valence-corrected chi connectivity index (χ0v) is 22.3. The summed E-state index contributed by atoms with van der Waals surface area (Å²) in [5.74, 6) is 1.53. The zero-order chi connectivity index (χ0) is 26.6. The molecule has 196 valence electrons. The van der Waals surface area contributed by atoms with Gasteiger partial charge in [0.1, 0.15) is 11.8 Å². The lowest BCUT2D eigenvalue weighted by Crippen LogP contribution is -2.29. The van der Waals surface area contributed by atoms with E-state index in [0.717, 1.165) is 42.6 Å². The maximum atomic E-state index is 13.7. The van der Waals surface area contributed by atoms with Crippen molar-refractivity contribution < 1.29 is 4.21 Å². The van der Waals surface area contributed by atoms with Gasteiger partial charge in [0.05, 0.1) is 50.0 Å². The number of fused-ring (bicyclic) bond motifs is 1. The average molecular weight is 532 g/mol. The van der Waals surface area contributed by atoms with Gasteiger partial charge >= 0.3 is 0 Å². The molecule has 0 aromatic carbocycles. The molecule has 38 heavy (non-hydrogen) atoms. The van der Waals surface area contributed by atoms with E-state index in [1.54, 1.807) is 29.2 Å². The molecule has 0 aliphatic heterocycles. The van der Waals surface area contributed by atoms with Crippen molar-refractivity contribution in [3.8, 4) is 11.4 Å². The Balaban J connectivity index is 1.40. The fourth-order valence-corrected chi connectivity index (χ4v) is 5.34. The third kappa shape index (κ3) is 4.64. The van der Waals surface area contributed by atoms with E-state index in [-0.39, 0.29) is 24.0 Å². The van der Waals surface area contributed by atoms with Gasteiger partial charge in [0, 0.05) is 24.4 Å². The minimum atomic E-state index is -2.84. The fourth-order valence-electron chi connectivity index (χ4n) is 4.76. The van der Waals surface area contributed by atoms with Crippen LogP contribution in [0.2, 0.25) is 0 Å². The predicted molar refractivity (Wildman–Crippen MR) is 143 cm³/mol. The van der Waals surface area contributed by atoms with E-state index in [0.29, 0.717) is 39.4 Å². The largest absolute Gasteiger partial charge is 0.360 e. The van der Waals surface area contributed by atoms with E-state index in [4.69, 9.17) is 9.76 Å². The van der Waals surface area contributed by atoms with Crippen LogP contribution in [0.15, 0.2) is 40.5 Å². The van der Waals surface area contributed by atoms with Crippen molar-refractivity contribution >= 4 is 26.7 Å². The Bertz CT molecular complexity index is 1710. The van der Waals surface area contributed by atoms with Crippen molar-refractivity contribution in [1.29, 1.82) is 4.78 Å². The molecule has 4 heterocycles. The molecular formula is C26H29N9O2S. The number of nitrogens with zero attached hydrogens (tertiary/aromatic N) is 7. The highest BCUT2D eigenvalue weighted by atomic mass is 32.2. The van der Waals surface area contributed by atoms with E-state index < -0.39 is 9.73 Å². The summed E-state index contributed by atoms with van der Waals surface area (Å²) in [7, 11) is -2.84. The fraction of sp³-hybridized carbons (Fsp3) is 0.423. The Morgan fingerprint density at radius 2 is 1.89 bits per heavy atom. The van der Waals surface area contributed by atoms with Crippen molar-refractivity contribution in [1.82, 2.24) is 34.5 Å². The third-order valence-electron chi connectivity index (χ3n) is 7.28. The molecule has 0 bridgehead atoms. The lowest BCUT2D eigenvalue weighted by molar-refractivity contribution is 0.482. The van der Waals surface area contributed by atoms with Crippen molar-refractivity contribution in [2.24, 2.45) is 5.92 Å². The summed E-state index contributed by atoms with van der Waals surface area (Å²) in [6.45, 7) is 4.24. The maximum Gasteiger partial charge on any atom is 0.295 e. The van der Waals surface area contributed by atoms with Gasteiger partial charge in [-0.3, -0.25) is 14.3 Å². The van der Waals surface area contributed by atoms with E-state index in [1.165, 1.54) is 12.5 Å². The molecule has 4 aromatic heterocycles.